The highest BCUT2D eigenvalue weighted by Crippen LogP contribution is 2.28. The van der Waals surface area contributed by atoms with Gasteiger partial charge in [0.15, 0.2) is 5.82 Å². The standard InChI is InChI=1S/C18H25N9/c1-13-10-15(19-2)22-18(21-13)26-8-4-6-14(11-26)17-24-23-16(25(17)3)12-27-9-5-7-20-27/h5,7,9-10,14H,4,6,8,11-12H2,1-3H3,(H,19,21,22)/t14-/m1/s1. The van der Waals surface area contributed by atoms with E-state index in [-0.39, 0.29) is 0 Å². The maximum Gasteiger partial charge on any atom is 0.227 e. The van der Waals surface area contributed by atoms with Crippen molar-refractivity contribution in [2.45, 2.75) is 32.2 Å². The molecule has 3 aromatic rings. The molecule has 0 aromatic carbocycles. The fraction of sp³-hybridized carbons (Fsp3) is 0.500. The molecule has 142 valence electrons. The van der Waals surface area contributed by atoms with Crippen LogP contribution in [-0.4, -0.2) is 54.7 Å². The van der Waals surface area contributed by atoms with Crippen molar-refractivity contribution < 1.29 is 0 Å². The van der Waals surface area contributed by atoms with Crippen molar-refractivity contribution in [1.82, 2.24) is 34.5 Å². The second-order valence-corrected chi connectivity index (χ2v) is 6.97. The van der Waals surface area contributed by atoms with Gasteiger partial charge in [-0.15, -0.1) is 10.2 Å². The summed E-state index contributed by atoms with van der Waals surface area (Å²) in [4.78, 5) is 11.5. The van der Waals surface area contributed by atoms with Crippen molar-refractivity contribution in [2.24, 2.45) is 7.05 Å². The molecule has 1 N–H and O–H groups in total. The summed E-state index contributed by atoms with van der Waals surface area (Å²) in [6, 6.07) is 3.87. The first-order valence-corrected chi connectivity index (χ1v) is 9.28. The molecule has 0 spiro atoms. The van der Waals surface area contributed by atoms with Gasteiger partial charge in [-0.05, 0) is 25.8 Å². The van der Waals surface area contributed by atoms with Gasteiger partial charge < -0.3 is 14.8 Å². The van der Waals surface area contributed by atoms with Crippen molar-refractivity contribution in [2.75, 3.05) is 30.4 Å². The first-order valence-electron chi connectivity index (χ1n) is 9.28. The molecule has 0 saturated carbocycles. The molecule has 0 amide bonds. The van der Waals surface area contributed by atoms with Crippen LogP contribution in [0, 0.1) is 6.92 Å². The van der Waals surface area contributed by atoms with E-state index in [0.29, 0.717) is 12.5 Å². The van der Waals surface area contributed by atoms with Crippen molar-refractivity contribution in [3.63, 3.8) is 0 Å². The van der Waals surface area contributed by atoms with Crippen molar-refractivity contribution in [1.29, 1.82) is 0 Å². The quantitative estimate of drug-likeness (QED) is 0.732. The lowest BCUT2D eigenvalue weighted by molar-refractivity contribution is 0.472. The normalized spacial score (nSPS) is 17.3. The van der Waals surface area contributed by atoms with Crippen LogP contribution in [0.15, 0.2) is 24.5 Å². The van der Waals surface area contributed by atoms with Gasteiger partial charge in [-0.3, -0.25) is 4.68 Å². The minimum Gasteiger partial charge on any atom is -0.373 e. The number of nitrogens with one attached hydrogen (secondary N) is 1. The molecular formula is C18H25N9. The van der Waals surface area contributed by atoms with E-state index in [9.17, 15) is 0 Å². The summed E-state index contributed by atoms with van der Waals surface area (Å²) >= 11 is 0. The van der Waals surface area contributed by atoms with Crippen LogP contribution in [0.2, 0.25) is 0 Å². The summed E-state index contributed by atoms with van der Waals surface area (Å²) in [6.07, 6.45) is 5.88. The van der Waals surface area contributed by atoms with E-state index in [4.69, 9.17) is 0 Å². The van der Waals surface area contributed by atoms with E-state index >= 15 is 0 Å². The molecule has 0 bridgehead atoms. The Bertz CT molecular complexity index is 900. The average Bonchev–Trinajstić information content (AvgIpc) is 3.32. The van der Waals surface area contributed by atoms with Gasteiger partial charge in [0.2, 0.25) is 5.95 Å². The number of nitrogens with zero attached hydrogens (tertiary/aromatic N) is 8. The predicted molar refractivity (Wildman–Crippen MR) is 103 cm³/mol. The van der Waals surface area contributed by atoms with E-state index in [0.717, 1.165) is 55.0 Å². The van der Waals surface area contributed by atoms with E-state index in [1.165, 1.54) is 0 Å². The smallest absolute Gasteiger partial charge is 0.227 e. The van der Waals surface area contributed by atoms with Crippen LogP contribution in [0.5, 0.6) is 0 Å². The second-order valence-electron chi connectivity index (χ2n) is 6.97. The number of aromatic nitrogens is 7. The first-order chi connectivity index (χ1) is 13.1. The average molecular weight is 367 g/mol. The van der Waals surface area contributed by atoms with Crippen LogP contribution in [0.1, 0.15) is 36.1 Å². The minimum absolute atomic E-state index is 0.310. The highest BCUT2D eigenvalue weighted by molar-refractivity contribution is 5.43. The predicted octanol–water partition coefficient (Wildman–Crippen LogP) is 1.58. The summed E-state index contributed by atoms with van der Waals surface area (Å²) in [5, 5.41) is 16.3. The van der Waals surface area contributed by atoms with E-state index in [1.54, 1.807) is 6.20 Å². The van der Waals surface area contributed by atoms with Crippen molar-refractivity contribution >= 4 is 11.8 Å². The zero-order valence-corrected chi connectivity index (χ0v) is 16.0. The van der Waals surface area contributed by atoms with Crippen LogP contribution in [0.3, 0.4) is 0 Å². The summed E-state index contributed by atoms with van der Waals surface area (Å²) in [5.74, 6) is 3.87. The fourth-order valence-corrected chi connectivity index (χ4v) is 3.60. The van der Waals surface area contributed by atoms with Gasteiger partial charge in [-0.25, -0.2) is 4.98 Å². The molecule has 1 aliphatic heterocycles. The van der Waals surface area contributed by atoms with Gasteiger partial charge in [0.05, 0.1) is 0 Å². The molecule has 1 atom stereocenters. The lowest BCUT2D eigenvalue weighted by Gasteiger charge is -2.32. The van der Waals surface area contributed by atoms with Crippen molar-refractivity contribution in [3.05, 3.63) is 41.9 Å². The largest absolute Gasteiger partial charge is 0.373 e. The van der Waals surface area contributed by atoms with Gasteiger partial charge >= 0.3 is 0 Å². The molecule has 27 heavy (non-hydrogen) atoms. The third-order valence-electron chi connectivity index (χ3n) is 5.03. The highest BCUT2D eigenvalue weighted by atomic mass is 15.3. The summed E-state index contributed by atoms with van der Waals surface area (Å²) in [7, 11) is 3.92. The SMILES string of the molecule is CNc1cc(C)nc(N2CCC[C@@H](c3nnc(Cn4cccn4)n3C)C2)n1. The number of aryl methyl sites for hydroxylation is 1. The third-order valence-corrected chi connectivity index (χ3v) is 5.03. The summed E-state index contributed by atoms with van der Waals surface area (Å²) < 4.78 is 3.97. The van der Waals surface area contributed by atoms with Crippen LogP contribution >= 0.6 is 0 Å². The lowest BCUT2D eigenvalue weighted by Crippen LogP contribution is -2.36. The Morgan fingerprint density at radius 2 is 2.15 bits per heavy atom. The molecule has 9 nitrogen and oxygen atoms in total. The van der Waals surface area contributed by atoms with Crippen LogP contribution in [0.25, 0.3) is 0 Å². The van der Waals surface area contributed by atoms with Gasteiger partial charge in [0.1, 0.15) is 18.2 Å². The van der Waals surface area contributed by atoms with Gasteiger partial charge in [-0.1, -0.05) is 0 Å². The first kappa shape index (κ1) is 17.4. The molecule has 4 heterocycles. The molecule has 0 aliphatic carbocycles. The van der Waals surface area contributed by atoms with Gasteiger partial charge in [0.25, 0.3) is 0 Å². The Balaban J connectivity index is 1.53. The molecule has 0 unspecified atom stereocenters. The Hall–Kier alpha value is -2.97. The lowest BCUT2D eigenvalue weighted by atomic mass is 9.97. The number of piperidine rings is 1. The number of anilines is 2. The molecule has 1 fully saturated rings. The maximum absolute atomic E-state index is 4.63. The molecule has 3 aromatic heterocycles. The zero-order valence-electron chi connectivity index (χ0n) is 16.0. The van der Waals surface area contributed by atoms with E-state index < -0.39 is 0 Å². The molecule has 1 aliphatic rings. The number of hydrogen-bond acceptors (Lipinski definition) is 7. The Morgan fingerprint density at radius 3 is 2.93 bits per heavy atom. The molecule has 0 radical (unpaired) electrons. The van der Waals surface area contributed by atoms with E-state index in [1.807, 2.05) is 44.0 Å². The summed E-state index contributed by atoms with van der Waals surface area (Å²) in [5.41, 5.74) is 0.964. The van der Waals surface area contributed by atoms with Crippen molar-refractivity contribution in [3.8, 4) is 0 Å². The van der Waals surface area contributed by atoms with Crippen LogP contribution in [0.4, 0.5) is 11.8 Å². The summed E-state index contributed by atoms with van der Waals surface area (Å²) in [6.45, 7) is 4.43. The zero-order chi connectivity index (χ0) is 18.8. The van der Waals surface area contributed by atoms with Crippen LogP contribution in [-0.2, 0) is 13.6 Å². The van der Waals surface area contributed by atoms with E-state index in [2.05, 4.69) is 40.0 Å². The Morgan fingerprint density at radius 1 is 1.26 bits per heavy atom. The maximum atomic E-state index is 4.63. The van der Waals surface area contributed by atoms with Gasteiger partial charge in [-0.2, -0.15) is 10.1 Å². The van der Waals surface area contributed by atoms with Gasteiger partial charge in [0, 0.05) is 57.3 Å². The fourth-order valence-electron chi connectivity index (χ4n) is 3.60. The van der Waals surface area contributed by atoms with Crippen LogP contribution < -0.4 is 10.2 Å². The third kappa shape index (κ3) is 3.62. The monoisotopic (exact) mass is 367 g/mol. The number of rotatable bonds is 5. The second kappa shape index (κ2) is 7.34. The number of hydrogen-bond donors (Lipinski definition) is 1. The minimum atomic E-state index is 0.310. The molecule has 1 saturated heterocycles. The molecule has 4 rings (SSSR count). The topological polar surface area (TPSA) is 89.6 Å². The highest BCUT2D eigenvalue weighted by Gasteiger charge is 2.27. The Kier molecular flexibility index (Phi) is 4.74. The molecular weight excluding hydrogens is 342 g/mol. The Labute approximate surface area is 158 Å². The molecule has 9 heteroatoms.